The summed E-state index contributed by atoms with van der Waals surface area (Å²) in [5.74, 6) is 0.463. The number of carbonyl (C=O) groups is 1. The van der Waals surface area contributed by atoms with Crippen LogP contribution in [0.5, 0.6) is 0 Å². The van der Waals surface area contributed by atoms with E-state index in [4.69, 9.17) is 0 Å². The zero-order valence-electron chi connectivity index (χ0n) is 12.9. The summed E-state index contributed by atoms with van der Waals surface area (Å²) in [6.45, 7) is 5.65. The van der Waals surface area contributed by atoms with Gasteiger partial charge in [-0.15, -0.1) is 35.3 Å². The number of rotatable bonds is 6. The van der Waals surface area contributed by atoms with Crippen molar-refractivity contribution in [2.45, 2.75) is 25.7 Å². The van der Waals surface area contributed by atoms with Crippen molar-refractivity contribution < 1.29 is 9.53 Å². The zero-order chi connectivity index (χ0) is 15.0. The van der Waals surface area contributed by atoms with Crippen LogP contribution in [0.4, 0.5) is 0 Å². The number of esters is 1. The summed E-state index contributed by atoms with van der Waals surface area (Å²) in [5, 5.41) is 8.46. The largest absolute Gasteiger partial charge is 0.469 e. The molecule has 2 N–H and O–H groups in total. The minimum absolute atomic E-state index is 0. The van der Waals surface area contributed by atoms with Gasteiger partial charge in [-0.1, -0.05) is 19.9 Å². The Labute approximate surface area is 147 Å². The van der Waals surface area contributed by atoms with Gasteiger partial charge in [-0.05, 0) is 11.4 Å². The molecule has 0 spiro atoms. The maximum Gasteiger partial charge on any atom is 0.307 e. The molecule has 1 rings (SSSR count). The first kappa shape index (κ1) is 20.2. The van der Waals surface area contributed by atoms with Crippen molar-refractivity contribution in [2.75, 3.05) is 27.2 Å². The highest BCUT2D eigenvalue weighted by Crippen LogP contribution is 2.26. The maximum absolute atomic E-state index is 11.0. The molecule has 0 aliphatic carbocycles. The van der Waals surface area contributed by atoms with Crippen LogP contribution in [0.25, 0.3) is 0 Å². The Morgan fingerprint density at radius 2 is 2.14 bits per heavy atom. The van der Waals surface area contributed by atoms with Crippen LogP contribution < -0.4 is 10.6 Å². The normalized spacial score (nSPS) is 11.5. The van der Waals surface area contributed by atoms with Crippen LogP contribution in [0.3, 0.4) is 0 Å². The molecule has 0 aliphatic heterocycles. The van der Waals surface area contributed by atoms with Gasteiger partial charge in [-0.25, -0.2) is 0 Å². The van der Waals surface area contributed by atoms with Crippen molar-refractivity contribution in [3.8, 4) is 0 Å². The molecule has 0 unspecified atom stereocenters. The third-order valence-corrected chi connectivity index (χ3v) is 4.19. The monoisotopic (exact) mass is 425 g/mol. The van der Waals surface area contributed by atoms with Crippen molar-refractivity contribution in [1.29, 1.82) is 0 Å². The average molecular weight is 425 g/mol. The van der Waals surface area contributed by atoms with E-state index in [1.165, 1.54) is 12.0 Å². The standard InChI is InChI=1S/C14H23N3O2S.HI/c1-14(2,11-6-5-9-20-11)10-17-13(15-3)16-8-7-12(18)19-4;/h5-6,9H,7-8,10H2,1-4H3,(H2,15,16,17);1H. The highest BCUT2D eigenvalue weighted by Gasteiger charge is 2.21. The fourth-order valence-electron chi connectivity index (χ4n) is 1.66. The summed E-state index contributed by atoms with van der Waals surface area (Å²) < 4.78 is 4.59. The van der Waals surface area contributed by atoms with E-state index >= 15 is 0 Å². The van der Waals surface area contributed by atoms with Crippen LogP contribution in [-0.4, -0.2) is 39.2 Å². The number of nitrogens with one attached hydrogen (secondary N) is 2. The molecule has 0 aliphatic rings. The summed E-state index contributed by atoms with van der Waals surface area (Å²) in [7, 11) is 3.10. The molecule has 1 heterocycles. The minimum atomic E-state index is -0.230. The van der Waals surface area contributed by atoms with E-state index < -0.39 is 0 Å². The molecule has 0 amide bonds. The molecule has 5 nitrogen and oxygen atoms in total. The lowest BCUT2D eigenvalue weighted by Gasteiger charge is -2.25. The quantitative estimate of drug-likeness (QED) is 0.318. The molecular weight excluding hydrogens is 401 g/mol. The van der Waals surface area contributed by atoms with Crippen molar-refractivity contribution in [3.05, 3.63) is 22.4 Å². The van der Waals surface area contributed by atoms with Crippen molar-refractivity contribution in [2.24, 2.45) is 4.99 Å². The van der Waals surface area contributed by atoms with Crippen LogP contribution in [0, 0.1) is 0 Å². The molecule has 0 aromatic carbocycles. The summed E-state index contributed by atoms with van der Waals surface area (Å²) in [5.41, 5.74) is 0.0358. The molecule has 1 aromatic rings. The number of thiophene rings is 1. The van der Waals surface area contributed by atoms with Gasteiger partial charge in [-0.3, -0.25) is 9.79 Å². The second-order valence-corrected chi connectivity index (χ2v) is 5.99. The third kappa shape index (κ3) is 7.12. The van der Waals surface area contributed by atoms with Crippen molar-refractivity contribution in [3.63, 3.8) is 0 Å². The summed E-state index contributed by atoms with van der Waals surface area (Å²) in [6.07, 6.45) is 0.325. The van der Waals surface area contributed by atoms with Crippen LogP contribution in [0.15, 0.2) is 22.5 Å². The van der Waals surface area contributed by atoms with Crippen molar-refractivity contribution >= 4 is 47.2 Å². The summed E-state index contributed by atoms with van der Waals surface area (Å²) >= 11 is 1.75. The molecule has 0 radical (unpaired) electrons. The SMILES string of the molecule is CN=C(NCCC(=O)OC)NCC(C)(C)c1cccs1.I. The Morgan fingerprint density at radius 3 is 2.67 bits per heavy atom. The Hall–Kier alpha value is -0.830. The lowest BCUT2D eigenvalue weighted by Crippen LogP contribution is -2.43. The molecule has 21 heavy (non-hydrogen) atoms. The second kappa shape index (κ2) is 9.99. The Balaban J connectivity index is 0.00000400. The van der Waals surface area contributed by atoms with Crippen LogP contribution in [-0.2, 0) is 14.9 Å². The second-order valence-electron chi connectivity index (χ2n) is 5.04. The van der Waals surface area contributed by atoms with Crippen LogP contribution in [0.1, 0.15) is 25.1 Å². The third-order valence-electron chi connectivity index (χ3n) is 2.96. The van der Waals surface area contributed by atoms with E-state index in [2.05, 4.69) is 51.7 Å². The van der Waals surface area contributed by atoms with Gasteiger partial charge < -0.3 is 15.4 Å². The van der Waals surface area contributed by atoms with E-state index in [1.807, 2.05) is 0 Å². The minimum Gasteiger partial charge on any atom is -0.469 e. The van der Waals surface area contributed by atoms with Gasteiger partial charge >= 0.3 is 5.97 Å². The van der Waals surface area contributed by atoms with Crippen molar-refractivity contribution in [1.82, 2.24) is 10.6 Å². The molecule has 0 atom stereocenters. The van der Waals surface area contributed by atoms with Gasteiger partial charge in [0.2, 0.25) is 0 Å². The Bertz CT molecular complexity index is 447. The van der Waals surface area contributed by atoms with Crippen LogP contribution in [0.2, 0.25) is 0 Å². The first-order valence-electron chi connectivity index (χ1n) is 6.55. The predicted molar refractivity (Wildman–Crippen MR) is 98.8 cm³/mol. The molecule has 1 aromatic heterocycles. The predicted octanol–water partition coefficient (Wildman–Crippen LogP) is 2.37. The fourth-order valence-corrected chi connectivity index (χ4v) is 2.51. The molecule has 0 fully saturated rings. The van der Waals surface area contributed by atoms with Gasteiger partial charge in [0.25, 0.3) is 0 Å². The molecule has 120 valence electrons. The average Bonchev–Trinajstić information content (AvgIpc) is 2.97. The number of hydrogen-bond donors (Lipinski definition) is 2. The number of methoxy groups -OCH3 is 1. The highest BCUT2D eigenvalue weighted by atomic mass is 127. The molecule has 0 saturated heterocycles. The number of ether oxygens (including phenoxy) is 1. The van der Waals surface area contributed by atoms with Gasteiger partial charge in [0.15, 0.2) is 5.96 Å². The topological polar surface area (TPSA) is 62.7 Å². The Morgan fingerprint density at radius 1 is 1.43 bits per heavy atom. The summed E-state index contributed by atoms with van der Waals surface area (Å²) in [6, 6.07) is 4.20. The van der Waals surface area contributed by atoms with Gasteiger partial charge in [0.05, 0.1) is 13.5 Å². The number of carbonyl (C=O) groups excluding carboxylic acids is 1. The number of halogens is 1. The highest BCUT2D eigenvalue weighted by molar-refractivity contribution is 14.0. The molecule has 0 saturated carbocycles. The van der Waals surface area contributed by atoms with Gasteiger partial charge in [-0.2, -0.15) is 0 Å². The lowest BCUT2D eigenvalue weighted by molar-refractivity contribution is -0.140. The number of guanidine groups is 1. The molecular formula is C14H24IN3O2S. The van der Waals surface area contributed by atoms with E-state index in [0.717, 1.165) is 6.54 Å². The lowest BCUT2D eigenvalue weighted by atomic mass is 9.91. The van der Waals surface area contributed by atoms with Crippen LogP contribution >= 0.6 is 35.3 Å². The Kier molecular flexibility index (Phi) is 9.60. The number of aliphatic imine (C=N–C) groups is 1. The number of hydrogen-bond acceptors (Lipinski definition) is 4. The van der Waals surface area contributed by atoms with Gasteiger partial charge in [0.1, 0.15) is 0 Å². The first-order chi connectivity index (χ1) is 9.49. The smallest absolute Gasteiger partial charge is 0.307 e. The van der Waals surface area contributed by atoms with Gasteiger partial charge in [0, 0.05) is 30.4 Å². The first-order valence-corrected chi connectivity index (χ1v) is 7.43. The summed E-state index contributed by atoms with van der Waals surface area (Å²) in [4.78, 5) is 16.5. The maximum atomic E-state index is 11.0. The molecule has 7 heteroatoms. The zero-order valence-corrected chi connectivity index (χ0v) is 16.1. The molecule has 0 bridgehead atoms. The van der Waals surface area contributed by atoms with E-state index in [-0.39, 0.29) is 35.4 Å². The van der Waals surface area contributed by atoms with E-state index in [9.17, 15) is 4.79 Å². The van der Waals surface area contributed by atoms with E-state index in [1.54, 1.807) is 18.4 Å². The fraction of sp³-hybridized carbons (Fsp3) is 0.571. The van der Waals surface area contributed by atoms with E-state index in [0.29, 0.717) is 18.9 Å². The number of nitrogens with zero attached hydrogens (tertiary/aromatic N) is 1.